The summed E-state index contributed by atoms with van der Waals surface area (Å²) < 4.78 is 11.7. The van der Waals surface area contributed by atoms with Crippen LogP contribution in [0.2, 0.25) is 0 Å². The van der Waals surface area contributed by atoms with Crippen molar-refractivity contribution < 1.29 is 14.1 Å². The van der Waals surface area contributed by atoms with Gasteiger partial charge in [-0.2, -0.15) is 0 Å². The topological polar surface area (TPSA) is 52.3 Å². The Hall–Kier alpha value is -1.20. The van der Waals surface area contributed by atoms with Crippen LogP contribution in [0.1, 0.15) is 40.2 Å². The first-order valence-electron chi connectivity index (χ1n) is 5.79. The van der Waals surface area contributed by atoms with Crippen LogP contribution in [0, 0.1) is 0 Å². The van der Waals surface area contributed by atoms with Gasteiger partial charge in [0.25, 0.3) is 0 Å². The van der Waals surface area contributed by atoms with Gasteiger partial charge >= 0.3 is 0 Å². The molecule has 1 aliphatic heterocycles. The highest BCUT2D eigenvalue weighted by Gasteiger charge is 2.27. The van der Waals surface area contributed by atoms with E-state index in [1.54, 1.807) is 11.3 Å². The number of nitrogens with zero attached hydrogens (tertiary/aromatic N) is 1. The van der Waals surface area contributed by atoms with Crippen molar-refractivity contribution in [3.05, 3.63) is 16.1 Å². The SMILES string of the molecule is CCc1sc2c(C3CCOC3)noc2c1C=O. The molecule has 17 heavy (non-hydrogen) atoms. The molecule has 0 bridgehead atoms. The highest BCUT2D eigenvalue weighted by atomic mass is 32.1. The Morgan fingerprint density at radius 2 is 2.47 bits per heavy atom. The van der Waals surface area contributed by atoms with E-state index in [1.165, 1.54) is 0 Å². The molecule has 0 aliphatic carbocycles. The minimum absolute atomic E-state index is 0.319. The summed E-state index contributed by atoms with van der Waals surface area (Å²) in [6.07, 6.45) is 2.71. The molecule has 1 aliphatic rings. The fraction of sp³-hybridized carbons (Fsp3) is 0.500. The van der Waals surface area contributed by atoms with Crippen molar-refractivity contribution in [3.8, 4) is 0 Å². The number of ether oxygens (including phenoxy) is 1. The average Bonchev–Trinajstić information content (AvgIpc) is 3.03. The molecule has 1 unspecified atom stereocenters. The number of fused-ring (bicyclic) bond motifs is 1. The predicted octanol–water partition coefficient (Wildman–Crippen LogP) is 2.77. The van der Waals surface area contributed by atoms with E-state index in [1.807, 2.05) is 6.92 Å². The molecular formula is C12H13NO3S. The third-order valence-corrected chi connectivity index (χ3v) is 4.55. The lowest BCUT2D eigenvalue weighted by molar-refractivity contribution is 0.112. The fourth-order valence-corrected chi connectivity index (χ4v) is 3.45. The van der Waals surface area contributed by atoms with Crippen molar-refractivity contribution in [3.63, 3.8) is 0 Å². The largest absolute Gasteiger partial charge is 0.381 e. The van der Waals surface area contributed by atoms with E-state index in [4.69, 9.17) is 9.26 Å². The molecule has 5 heteroatoms. The van der Waals surface area contributed by atoms with Gasteiger partial charge < -0.3 is 9.26 Å². The number of carbonyl (C=O) groups is 1. The Morgan fingerprint density at radius 3 is 3.12 bits per heavy atom. The highest BCUT2D eigenvalue weighted by molar-refractivity contribution is 7.19. The zero-order valence-electron chi connectivity index (χ0n) is 9.56. The zero-order chi connectivity index (χ0) is 11.8. The fourth-order valence-electron chi connectivity index (χ4n) is 2.26. The Morgan fingerprint density at radius 1 is 1.59 bits per heavy atom. The number of rotatable bonds is 3. The van der Waals surface area contributed by atoms with Crippen LogP contribution in [0.4, 0.5) is 0 Å². The number of hydrogen-bond donors (Lipinski definition) is 0. The average molecular weight is 251 g/mol. The molecule has 0 N–H and O–H groups in total. The molecule has 3 rings (SSSR count). The summed E-state index contributed by atoms with van der Waals surface area (Å²) in [7, 11) is 0. The standard InChI is InChI=1S/C12H13NO3S/c1-2-9-8(5-14)11-12(17-9)10(13-16-11)7-3-4-15-6-7/h5,7H,2-4,6H2,1H3. The third-order valence-electron chi connectivity index (χ3n) is 3.20. The number of aromatic nitrogens is 1. The summed E-state index contributed by atoms with van der Waals surface area (Å²) in [4.78, 5) is 12.2. The number of aldehydes is 1. The van der Waals surface area contributed by atoms with Crippen molar-refractivity contribution in [1.29, 1.82) is 0 Å². The summed E-state index contributed by atoms with van der Waals surface area (Å²) in [5.41, 5.74) is 2.29. The predicted molar refractivity (Wildman–Crippen MR) is 64.8 cm³/mol. The Balaban J connectivity index is 2.14. The van der Waals surface area contributed by atoms with Gasteiger partial charge in [-0.15, -0.1) is 11.3 Å². The number of hydrogen-bond acceptors (Lipinski definition) is 5. The van der Waals surface area contributed by atoms with Gasteiger partial charge in [0.05, 0.1) is 16.9 Å². The van der Waals surface area contributed by atoms with Gasteiger partial charge in [-0.05, 0) is 12.8 Å². The molecule has 2 aromatic heterocycles. The first-order chi connectivity index (χ1) is 8.35. The molecule has 1 atom stereocenters. The molecule has 0 amide bonds. The van der Waals surface area contributed by atoms with Gasteiger partial charge in [-0.1, -0.05) is 12.1 Å². The second-order valence-electron chi connectivity index (χ2n) is 4.20. The van der Waals surface area contributed by atoms with Crippen molar-refractivity contribution >= 4 is 27.9 Å². The molecule has 0 radical (unpaired) electrons. The van der Waals surface area contributed by atoms with E-state index in [0.29, 0.717) is 23.7 Å². The van der Waals surface area contributed by atoms with Crippen LogP contribution in [0.5, 0.6) is 0 Å². The van der Waals surface area contributed by atoms with E-state index >= 15 is 0 Å². The van der Waals surface area contributed by atoms with E-state index < -0.39 is 0 Å². The first-order valence-corrected chi connectivity index (χ1v) is 6.60. The van der Waals surface area contributed by atoms with Crippen LogP contribution in [0.15, 0.2) is 4.52 Å². The minimum Gasteiger partial charge on any atom is -0.381 e. The second-order valence-corrected chi connectivity index (χ2v) is 5.30. The van der Waals surface area contributed by atoms with Crippen molar-refractivity contribution in [1.82, 2.24) is 5.16 Å². The van der Waals surface area contributed by atoms with Gasteiger partial charge in [0, 0.05) is 17.4 Å². The van der Waals surface area contributed by atoms with E-state index in [9.17, 15) is 4.79 Å². The lowest BCUT2D eigenvalue weighted by atomic mass is 10.0. The first kappa shape index (κ1) is 10.9. The summed E-state index contributed by atoms with van der Waals surface area (Å²) >= 11 is 1.63. The smallest absolute Gasteiger partial charge is 0.188 e. The monoisotopic (exact) mass is 251 g/mol. The Kier molecular flexibility index (Phi) is 2.72. The Labute approximate surface area is 103 Å². The summed E-state index contributed by atoms with van der Waals surface area (Å²) in [5, 5.41) is 4.12. The van der Waals surface area contributed by atoms with E-state index in [2.05, 4.69) is 5.16 Å². The maximum atomic E-state index is 11.1. The lowest BCUT2D eigenvalue weighted by Gasteiger charge is -2.00. The highest BCUT2D eigenvalue weighted by Crippen LogP contribution is 2.38. The zero-order valence-corrected chi connectivity index (χ0v) is 10.4. The van der Waals surface area contributed by atoms with Gasteiger partial charge in [-0.25, -0.2) is 0 Å². The molecule has 0 saturated carbocycles. The molecule has 4 nitrogen and oxygen atoms in total. The number of thiophene rings is 1. The van der Waals surface area contributed by atoms with Crippen LogP contribution in [-0.4, -0.2) is 24.7 Å². The van der Waals surface area contributed by atoms with Gasteiger partial charge in [0.1, 0.15) is 5.69 Å². The summed E-state index contributed by atoms with van der Waals surface area (Å²) in [5.74, 6) is 0.319. The third kappa shape index (κ3) is 1.61. The molecule has 0 aromatic carbocycles. The van der Waals surface area contributed by atoms with Gasteiger partial charge in [0.15, 0.2) is 11.9 Å². The van der Waals surface area contributed by atoms with Crippen LogP contribution >= 0.6 is 11.3 Å². The van der Waals surface area contributed by atoms with Crippen LogP contribution < -0.4 is 0 Å². The number of aryl methyl sites for hydroxylation is 1. The second kappa shape index (κ2) is 4.23. The Bertz CT molecular complexity index is 551. The normalized spacial score (nSPS) is 20.2. The van der Waals surface area contributed by atoms with Crippen molar-refractivity contribution in [2.24, 2.45) is 0 Å². The van der Waals surface area contributed by atoms with Crippen LogP contribution in [0.3, 0.4) is 0 Å². The number of carbonyl (C=O) groups excluding carboxylic acids is 1. The quantitative estimate of drug-likeness (QED) is 0.787. The molecular weight excluding hydrogens is 238 g/mol. The van der Waals surface area contributed by atoms with Gasteiger partial charge in [0.2, 0.25) is 0 Å². The molecule has 1 fully saturated rings. The molecule has 0 spiro atoms. The van der Waals surface area contributed by atoms with Crippen molar-refractivity contribution in [2.45, 2.75) is 25.7 Å². The molecule has 3 heterocycles. The molecule has 90 valence electrons. The maximum Gasteiger partial charge on any atom is 0.188 e. The summed E-state index contributed by atoms with van der Waals surface area (Å²) in [6.45, 7) is 3.53. The maximum absolute atomic E-state index is 11.1. The van der Waals surface area contributed by atoms with E-state index in [-0.39, 0.29) is 0 Å². The molecule has 1 saturated heterocycles. The van der Waals surface area contributed by atoms with Gasteiger partial charge in [-0.3, -0.25) is 4.79 Å². The van der Waals surface area contributed by atoms with Crippen LogP contribution in [-0.2, 0) is 11.2 Å². The van der Waals surface area contributed by atoms with E-state index in [0.717, 1.165) is 41.0 Å². The van der Waals surface area contributed by atoms with Crippen molar-refractivity contribution in [2.75, 3.05) is 13.2 Å². The summed E-state index contributed by atoms with van der Waals surface area (Å²) in [6, 6.07) is 0. The minimum atomic E-state index is 0.319. The lowest BCUT2D eigenvalue weighted by Crippen LogP contribution is -1.97. The van der Waals surface area contributed by atoms with Crippen LogP contribution in [0.25, 0.3) is 10.3 Å². The molecule has 2 aromatic rings.